The summed E-state index contributed by atoms with van der Waals surface area (Å²) in [4.78, 5) is 8.48. The Morgan fingerprint density at radius 2 is 0.475 bits per heavy atom. The molecule has 5 rings (SSSR count). The molecule has 0 saturated carbocycles. The molecule has 0 aliphatic heterocycles. The van der Waals surface area contributed by atoms with Crippen LogP contribution in [0.25, 0.3) is 22.3 Å². The van der Waals surface area contributed by atoms with Crippen LogP contribution < -0.4 is 0 Å². The molecule has 448 valence electrons. The van der Waals surface area contributed by atoms with E-state index in [1.807, 2.05) is 47.6 Å². The molecule has 0 aromatic heterocycles. The highest BCUT2D eigenvalue weighted by Crippen LogP contribution is 2.57. The number of phenolic OH excluding ortho intramolecular Hbond substituents is 8. The van der Waals surface area contributed by atoms with Crippen LogP contribution in [0.4, 0.5) is 0 Å². The van der Waals surface area contributed by atoms with Crippen molar-refractivity contribution < 1.29 is 40.9 Å². The molecule has 8 bridgehead atoms. The molecule has 4 aromatic carbocycles. The van der Waals surface area contributed by atoms with E-state index in [0.29, 0.717) is 93.0 Å². The molecule has 2 unspecified atom stereocenters. The Bertz CT molecular complexity index is 2380. The highest BCUT2D eigenvalue weighted by molar-refractivity contribution is 5.90. The lowest BCUT2D eigenvalue weighted by Gasteiger charge is -2.31. The van der Waals surface area contributed by atoms with Crippen LogP contribution in [0.1, 0.15) is 254 Å². The average molecular weight is 1110 g/mol. The SMILES string of the molecule is CCCCCCCCCCCC1c2cc(c(O)c(CN(CC)CC)c2O)-c2cc(c(O)c(CN(CC)CC)c2O)-c2cc(c(O)c(CN(CC)CC)c2O)C(CCCCCCCCCCC)c2cc1c(O)c(CN(CC)CC)c2O. The van der Waals surface area contributed by atoms with E-state index in [4.69, 9.17) is 0 Å². The second kappa shape index (κ2) is 33.3. The lowest BCUT2D eigenvalue weighted by molar-refractivity contribution is 0.283. The van der Waals surface area contributed by atoms with E-state index < -0.39 is 11.8 Å². The molecule has 1 aliphatic carbocycles. The number of aromatic hydroxyl groups is 8. The van der Waals surface area contributed by atoms with E-state index in [-0.39, 0.29) is 111 Å². The van der Waals surface area contributed by atoms with Crippen molar-refractivity contribution in [3.8, 4) is 68.2 Å². The molecule has 80 heavy (non-hydrogen) atoms. The first-order valence-electron chi connectivity index (χ1n) is 31.8. The van der Waals surface area contributed by atoms with Crippen LogP contribution in [-0.4, -0.2) is 113 Å². The number of benzene rings is 4. The number of hydrogen-bond acceptors (Lipinski definition) is 12. The molecule has 0 spiro atoms. The Morgan fingerprint density at radius 1 is 0.263 bits per heavy atom. The van der Waals surface area contributed by atoms with Crippen LogP contribution in [-0.2, 0) is 26.2 Å². The molecule has 1 aliphatic rings. The van der Waals surface area contributed by atoms with Crippen molar-refractivity contribution >= 4 is 0 Å². The molecule has 4 aromatic rings. The summed E-state index contributed by atoms with van der Waals surface area (Å²) in [6.07, 6.45) is 20.9. The smallest absolute Gasteiger partial charge is 0.131 e. The maximum Gasteiger partial charge on any atom is 0.131 e. The fourth-order valence-corrected chi connectivity index (χ4v) is 12.4. The topological polar surface area (TPSA) is 175 Å². The first kappa shape index (κ1) is 65.9. The Kier molecular flexibility index (Phi) is 27.4. The molecule has 12 nitrogen and oxygen atoms in total. The largest absolute Gasteiger partial charge is 0.507 e. The first-order valence-corrected chi connectivity index (χ1v) is 31.8. The molecule has 0 amide bonds. The molecule has 8 N–H and O–H groups in total. The third-order valence-electron chi connectivity index (χ3n) is 18.0. The molecule has 0 fully saturated rings. The second-order valence-electron chi connectivity index (χ2n) is 22.9. The van der Waals surface area contributed by atoms with Gasteiger partial charge in [-0.05, 0) is 89.5 Å². The fraction of sp³-hybridized carbons (Fsp3) is 0.647. The zero-order valence-electron chi connectivity index (χ0n) is 51.5. The van der Waals surface area contributed by atoms with Crippen LogP contribution in [0.15, 0.2) is 24.3 Å². The third kappa shape index (κ3) is 16.2. The van der Waals surface area contributed by atoms with Crippen LogP contribution in [0.5, 0.6) is 46.0 Å². The monoisotopic (exact) mass is 1110 g/mol. The van der Waals surface area contributed by atoms with Crippen molar-refractivity contribution in [2.24, 2.45) is 0 Å². The normalized spacial score (nSPS) is 14.3. The predicted molar refractivity (Wildman–Crippen MR) is 331 cm³/mol. The van der Waals surface area contributed by atoms with Crippen molar-refractivity contribution in [2.45, 2.75) is 236 Å². The standard InChI is InChI=1S/C68H108N4O8/c1-11-21-23-25-27-29-31-33-35-37-47-49-39-50(62(74)57(61(49)73)43-69(13-3)14-4)48(38-36-34-32-30-28-26-24-22-12-2)52-41-54(66(78)59(64(52)76)45-71(17-7)18-8)56-42-55(67(79)60(68(56)80)46-72(19-9)20-10)53-40-51(47)63(75)58(65(53)77)44-70(15-5)16-6/h39-42,47-48,73-80H,11-38,43-46H2,1-10H3. The summed E-state index contributed by atoms with van der Waals surface area (Å²) in [5.74, 6) is -2.52. The maximum absolute atomic E-state index is 13.1. The minimum absolute atomic E-state index is 0.0542. The molecular weight excluding hydrogens is 1000 g/mol. The summed E-state index contributed by atoms with van der Waals surface area (Å²) in [6, 6.07) is 7.09. The number of hydrogen-bond donors (Lipinski definition) is 8. The van der Waals surface area contributed by atoms with E-state index in [1.54, 1.807) is 18.2 Å². The van der Waals surface area contributed by atoms with Crippen molar-refractivity contribution in [1.29, 1.82) is 0 Å². The molecule has 2 atom stereocenters. The Morgan fingerprint density at radius 3 is 0.738 bits per heavy atom. The van der Waals surface area contributed by atoms with Gasteiger partial charge in [0.2, 0.25) is 0 Å². The zero-order chi connectivity index (χ0) is 58.5. The summed E-state index contributed by atoms with van der Waals surface area (Å²) in [6.45, 7) is 26.6. The fourth-order valence-electron chi connectivity index (χ4n) is 12.4. The van der Waals surface area contributed by atoms with Crippen LogP contribution in [0, 0.1) is 0 Å². The van der Waals surface area contributed by atoms with Gasteiger partial charge in [0.15, 0.2) is 0 Å². The number of unbranched alkanes of at least 4 members (excludes halogenated alkanes) is 16. The van der Waals surface area contributed by atoms with Gasteiger partial charge in [0.05, 0.1) is 22.3 Å². The van der Waals surface area contributed by atoms with E-state index in [9.17, 15) is 40.9 Å². The number of nitrogens with zero attached hydrogens (tertiary/aromatic N) is 4. The Labute approximate surface area is 483 Å². The number of rotatable bonds is 36. The molecule has 0 radical (unpaired) electrons. The first-order chi connectivity index (χ1) is 38.6. The highest BCUT2D eigenvalue weighted by Gasteiger charge is 2.36. The van der Waals surface area contributed by atoms with Crippen LogP contribution >= 0.6 is 0 Å². The van der Waals surface area contributed by atoms with E-state index in [0.717, 1.165) is 51.4 Å². The van der Waals surface area contributed by atoms with Crippen molar-refractivity contribution in [3.05, 3.63) is 68.8 Å². The third-order valence-corrected chi connectivity index (χ3v) is 18.0. The van der Waals surface area contributed by atoms with E-state index in [2.05, 4.69) is 47.3 Å². The van der Waals surface area contributed by atoms with Gasteiger partial charge in [-0.15, -0.1) is 0 Å². The summed E-state index contributed by atoms with van der Waals surface area (Å²) >= 11 is 0. The van der Waals surface area contributed by atoms with Crippen molar-refractivity contribution in [1.82, 2.24) is 19.6 Å². The lowest BCUT2D eigenvalue weighted by atomic mass is 9.77. The predicted octanol–water partition coefficient (Wildman–Crippen LogP) is 16.5. The van der Waals surface area contributed by atoms with Gasteiger partial charge in [-0.25, -0.2) is 0 Å². The van der Waals surface area contributed by atoms with E-state index in [1.165, 1.54) is 64.2 Å². The van der Waals surface area contributed by atoms with Crippen LogP contribution in [0.3, 0.4) is 0 Å². The second-order valence-corrected chi connectivity index (χ2v) is 22.9. The molecule has 0 heterocycles. The van der Waals surface area contributed by atoms with Gasteiger partial charge in [-0.2, -0.15) is 0 Å². The number of phenols is 8. The van der Waals surface area contributed by atoms with E-state index >= 15 is 0 Å². The highest BCUT2D eigenvalue weighted by atomic mass is 16.3. The minimum atomic E-state index is -0.656. The number of fused-ring (bicyclic) bond motifs is 10. The van der Waals surface area contributed by atoms with Gasteiger partial charge in [0.1, 0.15) is 46.0 Å². The zero-order valence-corrected chi connectivity index (χ0v) is 51.5. The summed E-state index contributed by atoms with van der Waals surface area (Å²) in [5.41, 5.74) is 4.06. The van der Waals surface area contributed by atoms with Gasteiger partial charge < -0.3 is 40.9 Å². The van der Waals surface area contributed by atoms with Gasteiger partial charge in [-0.3, -0.25) is 19.6 Å². The lowest BCUT2D eigenvalue weighted by Crippen LogP contribution is -2.23. The minimum Gasteiger partial charge on any atom is -0.507 e. The van der Waals surface area contributed by atoms with Gasteiger partial charge in [-0.1, -0.05) is 185 Å². The molecule has 0 saturated heterocycles. The summed E-state index contributed by atoms with van der Waals surface area (Å²) < 4.78 is 0. The Hall–Kier alpha value is -4.88. The maximum atomic E-state index is 13.1. The quantitative estimate of drug-likeness (QED) is 0.0203. The Balaban J connectivity index is 2.00. The van der Waals surface area contributed by atoms with Crippen LogP contribution in [0.2, 0.25) is 0 Å². The summed E-state index contributed by atoms with van der Waals surface area (Å²) in [5, 5.41) is 103. The van der Waals surface area contributed by atoms with Gasteiger partial charge in [0, 0.05) is 82.5 Å². The van der Waals surface area contributed by atoms with Crippen molar-refractivity contribution in [3.63, 3.8) is 0 Å². The average Bonchev–Trinajstić information content (AvgIpc) is 3.48. The summed E-state index contributed by atoms with van der Waals surface area (Å²) in [7, 11) is 0. The van der Waals surface area contributed by atoms with Crippen molar-refractivity contribution in [2.75, 3.05) is 52.4 Å². The van der Waals surface area contributed by atoms with Gasteiger partial charge in [0.25, 0.3) is 0 Å². The van der Waals surface area contributed by atoms with Gasteiger partial charge >= 0.3 is 0 Å². The molecule has 12 heteroatoms. The molecular formula is C68H108N4O8.